The Hall–Kier alpha value is 0.416. The van der Waals surface area contributed by atoms with Gasteiger partial charge in [-0.05, 0) is 0 Å². The van der Waals surface area contributed by atoms with Gasteiger partial charge in [-0.2, -0.15) is 0 Å². The number of rotatable bonds is 12. The van der Waals surface area contributed by atoms with Gasteiger partial charge in [-0.25, -0.2) is 0 Å². The van der Waals surface area contributed by atoms with E-state index in [1.165, 1.54) is 43.4 Å². The Balaban J connectivity index is 2.34. The van der Waals surface area contributed by atoms with Gasteiger partial charge >= 0.3 is 183 Å². The zero-order valence-corrected chi connectivity index (χ0v) is 24.0. The summed E-state index contributed by atoms with van der Waals surface area (Å²) in [7, 11) is -1.19. The van der Waals surface area contributed by atoms with Gasteiger partial charge in [0.05, 0.1) is 0 Å². The minimum atomic E-state index is -2.25. The average Bonchev–Trinajstić information content (AvgIpc) is 3.30. The van der Waals surface area contributed by atoms with Gasteiger partial charge in [0.15, 0.2) is 0 Å². The molecule has 0 aliphatic rings. The molecule has 0 saturated heterocycles. The van der Waals surface area contributed by atoms with Crippen molar-refractivity contribution in [3.05, 3.63) is 24.3 Å². The third kappa shape index (κ3) is 6.45. The fourth-order valence-corrected chi connectivity index (χ4v) is 27.0. The third-order valence-electron chi connectivity index (χ3n) is 5.74. The van der Waals surface area contributed by atoms with Crippen molar-refractivity contribution in [2.24, 2.45) is 0 Å². The van der Waals surface area contributed by atoms with Gasteiger partial charge in [-0.1, -0.05) is 0 Å². The average molecular weight is 528 g/mol. The Bertz CT molecular complexity index is 659. The van der Waals surface area contributed by atoms with Crippen molar-refractivity contribution in [1.82, 2.24) is 0 Å². The number of unbranched alkanes of at least 4 members (excludes halogenated alkanes) is 3. The Kier molecular flexibility index (Phi) is 9.64. The second kappa shape index (κ2) is 11.0. The van der Waals surface area contributed by atoms with Crippen LogP contribution in [0.25, 0.3) is 9.75 Å². The van der Waals surface area contributed by atoms with Gasteiger partial charge in [-0.3, -0.25) is 0 Å². The predicted octanol–water partition coefficient (Wildman–Crippen LogP) is 8.08. The molecule has 0 aromatic carbocycles. The SMILES string of the molecule is CCC[CH2][Sn]([CH2]CCC)([CH2]CCC)[c]1ccc(-c2ccc([Si](C)(C)C)s2)s1. The molecule has 2 aromatic heterocycles. The van der Waals surface area contributed by atoms with Crippen molar-refractivity contribution in [3.63, 3.8) is 0 Å². The van der Waals surface area contributed by atoms with Crippen LogP contribution in [0.5, 0.6) is 0 Å². The van der Waals surface area contributed by atoms with E-state index in [2.05, 4.69) is 87.4 Å². The van der Waals surface area contributed by atoms with E-state index in [0.29, 0.717) is 0 Å². The summed E-state index contributed by atoms with van der Waals surface area (Å²) >= 11 is 2.01. The van der Waals surface area contributed by atoms with E-state index in [9.17, 15) is 0 Å². The maximum absolute atomic E-state index is 2.57. The summed E-state index contributed by atoms with van der Waals surface area (Å²) in [4.78, 5) is 3.07. The first-order chi connectivity index (χ1) is 12.9. The molecular weight excluding hydrogens is 487 g/mol. The fraction of sp³-hybridized carbons (Fsp3) is 0.652. The normalized spacial score (nSPS) is 12.7. The first-order valence-electron chi connectivity index (χ1n) is 11.1. The summed E-state index contributed by atoms with van der Waals surface area (Å²) in [6.07, 6.45) is 8.44. The zero-order chi connectivity index (χ0) is 19.9. The molecule has 0 aliphatic heterocycles. The van der Waals surface area contributed by atoms with Crippen molar-refractivity contribution in [2.75, 3.05) is 0 Å². The van der Waals surface area contributed by atoms with Crippen LogP contribution in [0.4, 0.5) is 0 Å². The summed E-state index contributed by atoms with van der Waals surface area (Å²) in [5, 5.41) is 0. The van der Waals surface area contributed by atoms with Gasteiger partial charge in [0.2, 0.25) is 0 Å². The van der Waals surface area contributed by atoms with Crippen molar-refractivity contribution in [2.45, 2.75) is 92.2 Å². The molecule has 0 unspecified atom stereocenters. The molecule has 0 amide bonds. The third-order valence-corrected chi connectivity index (χ3v) is 30.0. The number of hydrogen-bond donors (Lipinski definition) is 0. The van der Waals surface area contributed by atoms with Crippen LogP contribution in [0, 0.1) is 0 Å². The molecule has 0 bridgehead atoms. The molecule has 0 aliphatic carbocycles. The van der Waals surface area contributed by atoms with E-state index in [0.717, 1.165) is 0 Å². The predicted molar refractivity (Wildman–Crippen MR) is 135 cm³/mol. The van der Waals surface area contributed by atoms with Crippen molar-refractivity contribution in [1.29, 1.82) is 0 Å². The van der Waals surface area contributed by atoms with Gasteiger partial charge in [0.25, 0.3) is 0 Å². The Labute approximate surface area is 181 Å². The van der Waals surface area contributed by atoms with Crippen molar-refractivity contribution >= 4 is 56.5 Å². The molecule has 0 spiro atoms. The summed E-state index contributed by atoms with van der Waals surface area (Å²) in [5.41, 5.74) is 0. The second-order valence-corrected chi connectivity index (χ2v) is 30.9. The Morgan fingerprint density at radius 1 is 0.704 bits per heavy atom. The molecule has 0 fully saturated rings. The molecule has 0 radical (unpaired) electrons. The summed E-state index contributed by atoms with van der Waals surface area (Å²) < 4.78 is 8.25. The van der Waals surface area contributed by atoms with E-state index < -0.39 is 26.5 Å². The number of thiophene rings is 2. The standard InChI is InChI=1S/C11H13S2Si.3C4H9.Sn/c1-14(2,3)11-7-6-10(13-11)9-5-4-8-12-9;3*1-3-4-2;/h4-7H,1-3H3;3*1,3-4H2,2H3;. The molecule has 152 valence electrons. The van der Waals surface area contributed by atoms with Gasteiger partial charge in [0, 0.05) is 0 Å². The Morgan fingerprint density at radius 3 is 1.63 bits per heavy atom. The Morgan fingerprint density at radius 2 is 1.19 bits per heavy atom. The van der Waals surface area contributed by atoms with Crippen molar-refractivity contribution in [3.8, 4) is 9.75 Å². The minimum absolute atomic E-state index is 1.19. The number of hydrogen-bond acceptors (Lipinski definition) is 2. The molecule has 2 heterocycles. The summed E-state index contributed by atoms with van der Waals surface area (Å²) in [6, 6.07) is 9.85. The van der Waals surface area contributed by atoms with E-state index in [-0.39, 0.29) is 0 Å². The van der Waals surface area contributed by atoms with Crippen LogP contribution in [-0.2, 0) is 0 Å². The van der Waals surface area contributed by atoms with E-state index in [1.54, 1.807) is 22.7 Å². The topological polar surface area (TPSA) is 0 Å². The monoisotopic (exact) mass is 528 g/mol. The summed E-state index contributed by atoms with van der Waals surface area (Å²) in [5.74, 6) is 0. The van der Waals surface area contributed by atoms with E-state index >= 15 is 0 Å². The van der Waals surface area contributed by atoms with Crippen LogP contribution in [0.3, 0.4) is 0 Å². The quantitative estimate of drug-likeness (QED) is 0.245. The molecule has 2 rings (SSSR count). The van der Waals surface area contributed by atoms with Gasteiger partial charge in [0.1, 0.15) is 0 Å². The first kappa shape index (κ1) is 23.7. The zero-order valence-electron chi connectivity index (χ0n) is 18.5. The van der Waals surface area contributed by atoms with Crippen LogP contribution >= 0.6 is 22.7 Å². The van der Waals surface area contributed by atoms with Gasteiger partial charge in [-0.15, -0.1) is 0 Å². The van der Waals surface area contributed by atoms with Crippen LogP contribution in [0.2, 0.25) is 33.0 Å². The molecule has 27 heavy (non-hydrogen) atoms. The molecule has 0 N–H and O–H groups in total. The summed E-state index contributed by atoms with van der Waals surface area (Å²) in [6.45, 7) is 14.5. The van der Waals surface area contributed by atoms with Crippen LogP contribution in [0.15, 0.2) is 24.3 Å². The second-order valence-electron chi connectivity index (χ2n) is 9.17. The van der Waals surface area contributed by atoms with E-state index in [4.69, 9.17) is 0 Å². The maximum atomic E-state index is 2.57. The van der Waals surface area contributed by atoms with Gasteiger partial charge < -0.3 is 0 Å². The van der Waals surface area contributed by atoms with Crippen LogP contribution in [-0.4, -0.2) is 26.5 Å². The molecule has 0 nitrogen and oxygen atoms in total. The van der Waals surface area contributed by atoms with Crippen LogP contribution < -0.4 is 7.39 Å². The van der Waals surface area contributed by atoms with Crippen LogP contribution in [0.1, 0.15) is 59.3 Å². The van der Waals surface area contributed by atoms with Crippen molar-refractivity contribution < 1.29 is 0 Å². The molecular formula is C23H40S2SiSn. The molecule has 4 heteroatoms. The van der Waals surface area contributed by atoms with E-state index in [1.807, 2.05) is 2.89 Å². The fourth-order valence-electron chi connectivity index (χ4n) is 3.92. The molecule has 0 saturated carbocycles. The molecule has 0 atom stereocenters. The first-order valence-corrected chi connectivity index (χ1v) is 23.7. The molecule has 2 aromatic rings.